The van der Waals surface area contributed by atoms with E-state index >= 15 is 0 Å². The highest BCUT2D eigenvalue weighted by Crippen LogP contribution is 2.32. The van der Waals surface area contributed by atoms with Crippen molar-refractivity contribution in [2.75, 3.05) is 33.7 Å². The van der Waals surface area contributed by atoms with Crippen molar-refractivity contribution < 1.29 is 5.11 Å². The first-order chi connectivity index (χ1) is 13.5. The summed E-state index contributed by atoms with van der Waals surface area (Å²) in [5.74, 6) is 0.0550. The smallest absolute Gasteiger partial charge is 0.215 e. The van der Waals surface area contributed by atoms with Gasteiger partial charge in [-0.3, -0.25) is 9.79 Å². The molecule has 7 nitrogen and oxygen atoms in total. The Morgan fingerprint density at radius 3 is 2.57 bits per heavy atom. The quantitative estimate of drug-likeness (QED) is 0.403. The van der Waals surface area contributed by atoms with Crippen molar-refractivity contribution in [1.82, 2.24) is 14.7 Å². The lowest BCUT2D eigenvalue weighted by molar-refractivity contribution is 0.340. The van der Waals surface area contributed by atoms with Crippen molar-refractivity contribution in [3.05, 3.63) is 52.0 Å². The van der Waals surface area contributed by atoms with E-state index in [0.29, 0.717) is 52.1 Å². The van der Waals surface area contributed by atoms with E-state index in [1.807, 2.05) is 49.3 Å². The molecule has 0 aliphatic heterocycles. The van der Waals surface area contributed by atoms with Crippen molar-refractivity contribution in [2.24, 2.45) is 10.7 Å². The van der Waals surface area contributed by atoms with Gasteiger partial charge < -0.3 is 15.7 Å². The van der Waals surface area contributed by atoms with Gasteiger partial charge in [-0.05, 0) is 26.2 Å². The predicted molar refractivity (Wildman–Crippen MR) is 112 cm³/mol. The summed E-state index contributed by atoms with van der Waals surface area (Å²) in [5.41, 5.74) is 6.19. The zero-order valence-corrected chi connectivity index (χ0v) is 16.0. The van der Waals surface area contributed by atoms with Crippen LogP contribution >= 0.6 is 0 Å². The van der Waals surface area contributed by atoms with Crippen LogP contribution in [0.1, 0.15) is 0 Å². The zero-order valence-electron chi connectivity index (χ0n) is 16.0. The Balaban J connectivity index is 2.20. The number of nitrogens with zero attached hydrogens (tertiary/aromatic N) is 4. The number of hydrogen-bond acceptors (Lipinski definition) is 6. The van der Waals surface area contributed by atoms with Crippen molar-refractivity contribution in [2.45, 2.75) is 6.54 Å². The summed E-state index contributed by atoms with van der Waals surface area (Å²) in [6.45, 7) is 2.09. The summed E-state index contributed by atoms with van der Waals surface area (Å²) < 4.78 is 1.60. The van der Waals surface area contributed by atoms with Gasteiger partial charge in [-0.15, -0.1) is 0 Å². The van der Waals surface area contributed by atoms with Gasteiger partial charge in [-0.1, -0.05) is 24.3 Å². The van der Waals surface area contributed by atoms with Crippen molar-refractivity contribution in [1.29, 1.82) is 0 Å². The van der Waals surface area contributed by atoms with Crippen LogP contribution in [-0.2, 0) is 6.54 Å². The largest absolute Gasteiger partial charge is 0.493 e. The topological polar surface area (TPSA) is 96.7 Å². The summed E-state index contributed by atoms with van der Waals surface area (Å²) in [5, 5.41) is 19.3. The molecular formula is C21H23N5O2. The maximum absolute atomic E-state index is 13.3. The molecule has 0 saturated heterocycles. The molecular weight excluding hydrogens is 354 g/mol. The number of fused-ring (bicyclic) bond motifs is 2. The van der Waals surface area contributed by atoms with Crippen LogP contribution in [0, 0.1) is 0 Å². The lowest BCUT2D eigenvalue weighted by Gasteiger charge is -2.16. The standard InChI is InChI=1S/C21H23N5O2/c1-25(2)11-12-26-21(28)15-7-8-16(23-10-9-22)18-17(15)19(24-26)13-5-3-4-6-14(13)20(18)27/h3-8,28H,9-12,22H2,1-2H3. The monoisotopic (exact) mass is 377 g/mol. The molecule has 144 valence electrons. The van der Waals surface area contributed by atoms with Gasteiger partial charge in [0.05, 0.1) is 23.8 Å². The van der Waals surface area contributed by atoms with Crippen molar-refractivity contribution >= 4 is 32.4 Å². The van der Waals surface area contributed by atoms with E-state index in [-0.39, 0.29) is 11.3 Å². The van der Waals surface area contributed by atoms with Crippen LogP contribution in [-0.4, -0.2) is 53.5 Å². The Labute approximate surface area is 161 Å². The fraction of sp³-hybridized carbons (Fsp3) is 0.286. The van der Waals surface area contributed by atoms with Crippen LogP contribution in [0.25, 0.3) is 32.4 Å². The zero-order chi connectivity index (χ0) is 19.8. The van der Waals surface area contributed by atoms with E-state index in [1.54, 1.807) is 10.7 Å². The highest BCUT2D eigenvalue weighted by molar-refractivity contribution is 6.20. The Hall–Kier alpha value is -3.03. The van der Waals surface area contributed by atoms with Crippen LogP contribution < -0.4 is 16.5 Å². The molecule has 0 aliphatic carbocycles. The minimum atomic E-state index is -0.100. The maximum Gasteiger partial charge on any atom is 0.215 e. The third kappa shape index (κ3) is 2.89. The second kappa shape index (κ2) is 7.18. The molecule has 0 bridgehead atoms. The van der Waals surface area contributed by atoms with Gasteiger partial charge in [0.15, 0.2) is 5.43 Å². The highest BCUT2D eigenvalue weighted by Gasteiger charge is 2.18. The number of aromatic hydroxyl groups is 1. The summed E-state index contributed by atoms with van der Waals surface area (Å²) in [6.07, 6.45) is 0. The summed E-state index contributed by atoms with van der Waals surface area (Å²) in [4.78, 5) is 19.8. The van der Waals surface area contributed by atoms with Gasteiger partial charge in [0, 0.05) is 34.6 Å². The molecule has 0 saturated carbocycles. The Morgan fingerprint density at radius 1 is 1.11 bits per heavy atom. The fourth-order valence-electron chi connectivity index (χ4n) is 3.59. The van der Waals surface area contributed by atoms with Gasteiger partial charge in [-0.25, -0.2) is 4.68 Å². The summed E-state index contributed by atoms with van der Waals surface area (Å²) >= 11 is 0. The second-order valence-electron chi connectivity index (χ2n) is 7.13. The number of benzene rings is 3. The normalized spacial score (nSPS) is 12.8. The van der Waals surface area contributed by atoms with Gasteiger partial charge in [0.25, 0.3) is 0 Å². The average molecular weight is 377 g/mol. The summed E-state index contributed by atoms with van der Waals surface area (Å²) in [6, 6.07) is 11.0. The molecule has 0 aliphatic rings. The van der Waals surface area contributed by atoms with E-state index in [9.17, 15) is 9.90 Å². The van der Waals surface area contributed by atoms with Crippen LogP contribution in [0.2, 0.25) is 0 Å². The lowest BCUT2D eigenvalue weighted by atomic mass is 9.98. The number of aromatic nitrogens is 2. The molecule has 0 amide bonds. The number of rotatable bonds is 5. The molecule has 1 aromatic heterocycles. The van der Waals surface area contributed by atoms with E-state index in [2.05, 4.69) is 4.99 Å². The van der Waals surface area contributed by atoms with Crippen molar-refractivity contribution in [3.8, 4) is 5.88 Å². The predicted octanol–water partition coefficient (Wildman–Crippen LogP) is 1.27. The molecule has 0 fully saturated rings. The molecule has 0 unspecified atom stereocenters. The Morgan fingerprint density at radius 2 is 1.86 bits per heavy atom. The lowest BCUT2D eigenvalue weighted by Crippen LogP contribution is -2.21. The Kier molecular flexibility index (Phi) is 4.70. The molecule has 4 aromatic rings. The molecule has 0 radical (unpaired) electrons. The van der Waals surface area contributed by atoms with E-state index in [0.717, 1.165) is 11.9 Å². The van der Waals surface area contributed by atoms with Crippen LogP contribution in [0.15, 0.2) is 46.2 Å². The highest BCUT2D eigenvalue weighted by atomic mass is 16.3. The van der Waals surface area contributed by atoms with Crippen LogP contribution in [0.5, 0.6) is 5.88 Å². The van der Waals surface area contributed by atoms with Crippen LogP contribution in [0.4, 0.5) is 0 Å². The first-order valence-corrected chi connectivity index (χ1v) is 9.29. The molecule has 3 N–H and O–H groups in total. The van der Waals surface area contributed by atoms with Gasteiger partial charge in [0.2, 0.25) is 5.88 Å². The first kappa shape index (κ1) is 18.3. The minimum Gasteiger partial charge on any atom is -0.493 e. The van der Waals surface area contributed by atoms with E-state index in [1.165, 1.54) is 0 Å². The number of nitrogens with two attached hydrogens (primary N) is 1. The molecule has 28 heavy (non-hydrogen) atoms. The first-order valence-electron chi connectivity index (χ1n) is 9.29. The third-order valence-corrected chi connectivity index (χ3v) is 4.95. The van der Waals surface area contributed by atoms with Gasteiger partial charge in [0.1, 0.15) is 5.52 Å². The molecule has 0 atom stereocenters. The third-order valence-electron chi connectivity index (χ3n) is 4.95. The number of hydrogen-bond donors (Lipinski definition) is 2. The Bertz CT molecular complexity index is 1290. The fourth-order valence-corrected chi connectivity index (χ4v) is 3.59. The van der Waals surface area contributed by atoms with Crippen LogP contribution in [0.3, 0.4) is 0 Å². The van der Waals surface area contributed by atoms with E-state index in [4.69, 9.17) is 10.8 Å². The molecule has 3 aromatic carbocycles. The molecule has 7 heteroatoms. The number of likely N-dealkylation sites (N-methyl/N-ethyl adjacent to an activating group) is 1. The second-order valence-corrected chi connectivity index (χ2v) is 7.13. The van der Waals surface area contributed by atoms with E-state index < -0.39 is 0 Å². The van der Waals surface area contributed by atoms with Gasteiger partial charge in [-0.2, -0.15) is 5.10 Å². The molecule has 1 heterocycles. The molecule has 0 spiro atoms. The molecule has 4 rings (SSSR count). The SMILES string of the molecule is CN(C)CCn1nc2c3ccccc3c(=O)c3c(=NCCN)ccc(c1O)c32. The summed E-state index contributed by atoms with van der Waals surface area (Å²) in [7, 11) is 3.94. The average Bonchev–Trinajstić information content (AvgIpc) is 2.70. The van der Waals surface area contributed by atoms with Gasteiger partial charge >= 0.3 is 0 Å². The minimum absolute atomic E-state index is 0.0550. The van der Waals surface area contributed by atoms with Crippen molar-refractivity contribution in [3.63, 3.8) is 0 Å². The maximum atomic E-state index is 13.3.